The first-order chi connectivity index (χ1) is 22.3. The zero-order valence-electron chi connectivity index (χ0n) is 24.3. The molecule has 0 fully saturated rings. The van der Waals surface area contributed by atoms with Gasteiger partial charge in [0.2, 0.25) is 0 Å². The van der Waals surface area contributed by atoms with E-state index in [1.807, 2.05) is 12.1 Å². The summed E-state index contributed by atoms with van der Waals surface area (Å²) in [5.41, 5.74) is 11.3. The predicted octanol–water partition coefficient (Wildman–Crippen LogP) is 11.4. The van der Waals surface area contributed by atoms with Crippen molar-refractivity contribution >= 4 is 65.6 Å². The van der Waals surface area contributed by atoms with Gasteiger partial charge in [0.15, 0.2) is 0 Å². The van der Waals surface area contributed by atoms with Gasteiger partial charge in [-0.2, -0.15) is 0 Å². The largest absolute Gasteiger partial charge is 0.456 e. The van der Waals surface area contributed by atoms with Crippen molar-refractivity contribution in [1.29, 1.82) is 0 Å². The lowest BCUT2D eigenvalue weighted by molar-refractivity contribution is 0.669. The van der Waals surface area contributed by atoms with Gasteiger partial charge in [-0.1, -0.05) is 97.1 Å². The summed E-state index contributed by atoms with van der Waals surface area (Å²) in [4.78, 5) is 0. The van der Waals surface area contributed by atoms with E-state index < -0.39 is 0 Å². The number of hydrogen-bond acceptors (Lipinski definition) is 1. The monoisotopic (exact) mass is 574 g/mol. The van der Waals surface area contributed by atoms with Crippen LogP contribution in [0.2, 0.25) is 0 Å². The Balaban J connectivity index is 1.28. The lowest BCUT2D eigenvalue weighted by Gasteiger charge is -2.12. The van der Waals surface area contributed by atoms with Gasteiger partial charge < -0.3 is 13.6 Å². The first-order valence-electron chi connectivity index (χ1n) is 15.4. The second-order valence-corrected chi connectivity index (χ2v) is 11.7. The van der Waals surface area contributed by atoms with Crippen LogP contribution in [-0.4, -0.2) is 9.13 Å². The predicted molar refractivity (Wildman–Crippen MR) is 188 cm³/mol. The quantitative estimate of drug-likeness (QED) is 0.206. The van der Waals surface area contributed by atoms with E-state index in [9.17, 15) is 0 Å². The van der Waals surface area contributed by atoms with E-state index in [0.717, 1.165) is 27.6 Å². The Labute approximate surface area is 258 Å². The number of aromatic nitrogens is 2. The van der Waals surface area contributed by atoms with Crippen LogP contribution in [0, 0.1) is 0 Å². The first-order valence-corrected chi connectivity index (χ1v) is 15.4. The van der Waals surface area contributed by atoms with Crippen molar-refractivity contribution < 1.29 is 4.42 Å². The van der Waals surface area contributed by atoms with E-state index in [-0.39, 0.29) is 0 Å². The molecule has 0 amide bonds. The van der Waals surface area contributed by atoms with Crippen LogP contribution in [0.5, 0.6) is 0 Å². The Morgan fingerprint density at radius 3 is 1.89 bits per heavy atom. The highest BCUT2D eigenvalue weighted by Gasteiger charge is 2.20. The highest BCUT2D eigenvalue weighted by Crippen LogP contribution is 2.42. The molecule has 0 atom stereocenters. The molecule has 0 aliphatic carbocycles. The van der Waals surface area contributed by atoms with Gasteiger partial charge in [0.05, 0.1) is 27.8 Å². The Bertz CT molecular complexity index is 2760. The number of benzene rings is 7. The van der Waals surface area contributed by atoms with Crippen molar-refractivity contribution in [3.8, 4) is 22.5 Å². The Morgan fingerprint density at radius 2 is 1.02 bits per heavy atom. The van der Waals surface area contributed by atoms with Gasteiger partial charge in [-0.3, -0.25) is 0 Å². The number of hydrogen-bond donors (Lipinski definition) is 0. The summed E-state index contributed by atoms with van der Waals surface area (Å²) >= 11 is 0. The van der Waals surface area contributed by atoms with Crippen molar-refractivity contribution in [2.24, 2.45) is 0 Å². The number of para-hydroxylation sites is 4. The summed E-state index contributed by atoms with van der Waals surface area (Å²) in [6.07, 6.45) is 0. The van der Waals surface area contributed by atoms with Crippen LogP contribution in [0.15, 0.2) is 162 Å². The van der Waals surface area contributed by atoms with Crippen molar-refractivity contribution in [2.45, 2.75) is 0 Å². The SMILES string of the molecule is c1ccc(-n2c3ccccc3c3c(-n4c5ccccc5c5cc(-c6cccc7oc8ccccc8c67)ccc54)cccc32)cc1. The first kappa shape index (κ1) is 24.4. The molecule has 0 saturated carbocycles. The third-order valence-corrected chi connectivity index (χ3v) is 9.32. The lowest BCUT2D eigenvalue weighted by atomic mass is 9.98. The highest BCUT2D eigenvalue weighted by molar-refractivity contribution is 6.18. The average Bonchev–Trinajstić information content (AvgIpc) is 3.76. The molecule has 3 heteroatoms. The molecule has 3 aromatic heterocycles. The summed E-state index contributed by atoms with van der Waals surface area (Å²) in [5, 5.41) is 7.27. The van der Waals surface area contributed by atoms with Crippen LogP contribution >= 0.6 is 0 Å². The fraction of sp³-hybridized carbons (Fsp3) is 0. The fourth-order valence-corrected chi connectivity index (χ4v) is 7.46. The second kappa shape index (κ2) is 9.22. The van der Waals surface area contributed by atoms with E-state index in [4.69, 9.17) is 4.42 Å². The number of rotatable bonds is 3. The van der Waals surface area contributed by atoms with Crippen LogP contribution in [0.25, 0.3) is 88.1 Å². The topological polar surface area (TPSA) is 23.0 Å². The summed E-state index contributed by atoms with van der Waals surface area (Å²) in [6.45, 7) is 0. The molecule has 0 spiro atoms. The summed E-state index contributed by atoms with van der Waals surface area (Å²) in [5.74, 6) is 0. The van der Waals surface area contributed by atoms with Crippen LogP contribution in [0.1, 0.15) is 0 Å². The smallest absolute Gasteiger partial charge is 0.136 e. The molecule has 0 saturated heterocycles. The maximum absolute atomic E-state index is 6.24. The molecule has 0 radical (unpaired) electrons. The Morgan fingerprint density at radius 1 is 0.378 bits per heavy atom. The molecule has 45 heavy (non-hydrogen) atoms. The third kappa shape index (κ3) is 3.41. The minimum absolute atomic E-state index is 0.915. The van der Waals surface area contributed by atoms with Crippen molar-refractivity contribution in [2.75, 3.05) is 0 Å². The second-order valence-electron chi connectivity index (χ2n) is 11.7. The normalized spacial score (nSPS) is 12.0. The van der Waals surface area contributed by atoms with Crippen molar-refractivity contribution in [1.82, 2.24) is 9.13 Å². The molecule has 10 aromatic rings. The molecule has 0 unspecified atom stereocenters. The van der Waals surface area contributed by atoms with Crippen molar-refractivity contribution in [3.05, 3.63) is 158 Å². The van der Waals surface area contributed by atoms with Crippen LogP contribution in [-0.2, 0) is 0 Å². The maximum Gasteiger partial charge on any atom is 0.136 e. The van der Waals surface area contributed by atoms with E-state index >= 15 is 0 Å². The lowest BCUT2D eigenvalue weighted by Crippen LogP contribution is -1.96. The molecule has 0 aliphatic rings. The molecule has 0 aliphatic heterocycles. The minimum atomic E-state index is 0.915. The van der Waals surface area contributed by atoms with Gasteiger partial charge in [-0.25, -0.2) is 0 Å². The van der Waals surface area contributed by atoms with Crippen molar-refractivity contribution in [3.63, 3.8) is 0 Å². The van der Waals surface area contributed by atoms with Gasteiger partial charge in [0, 0.05) is 38.0 Å². The molecule has 3 nitrogen and oxygen atoms in total. The van der Waals surface area contributed by atoms with Gasteiger partial charge in [-0.15, -0.1) is 0 Å². The average molecular weight is 575 g/mol. The van der Waals surface area contributed by atoms with E-state index in [1.54, 1.807) is 0 Å². The van der Waals surface area contributed by atoms with Gasteiger partial charge in [-0.05, 0) is 71.8 Å². The highest BCUT2D eigenvalue weighted by atomic mass is 16.3. The van der Waals surface area contributed by atoms with Gasteiger partial charge >= 0.3 is 0 Å². The molecular formula is C42H26N2O. The molecule has 210 valence electrons. The van der Waals surface area contributed by atoms with Gasteiger partial charge in [0.25, 0.3) is 0 Å². The van der Waals surface area contributed by atoms with E-state index in [0.29, 0.717) is 0 Å². The van der Waals surface area contributed by atoms with E-state index in [2.05, 4.69) is 155 Å². The zero-order chi connectivity index (χ0) is 29.5. The molecule has 10 rings (SSSR count). The molecule has 3 heterocycles. The van der Waals surface area contributed by atoms with Gasteiger partial charge in [0.1, 0.15) is 11.2 Å². The van der Waals surface area contributed by atoms with E-state index in [1.165, 1.54) is 60.4 Å². The Hall–Kier alpha value is -6.06. The third-order valence-electron chi connectivity index (χ3n) is 9.32. The molecule has 0 bridgehead atoms. The maximum atomic E-state index is 6.24. The van der Waals surface area contributed by atoms with Crippen LogP contribution < -0.4 is 0 Å². The molecular weight excluding hydrogens is 548 g/mol. The zero-order valence-corrected chi connectivity index (χ0v) is 24.3. The standard InChI is InChI=1S/C42H26N2O/c1-2-12-28(13-3-1)43-35-19-8-5-15-31(35)42-37(43)20-11-21-38(42)44-34-18-7-4-14-30(34)33-26-27(24-25-36(33)44)29-17-10-23-40-41(29)32-16-6-9-22-39(32)45-40/h1-26H. The summed E-state index contributed by atoms with van der Waals surface area (Å²) < 4.78 is 11.1. The number of fused-ring (bicyclic) bond motifs is 9. The summed E-state index contributed by atoms with van der Waals surface area (Å²) in [6, 6.07) is 56.5. The molecule has 7 aromatic carbocycles. The Kier molecular flexibility index (Phi) is 5.00. The molecule has 0 N–H and O–H groups in total. The van der Waals surface area contributed by atoms with Crippen LogP contribution in [0.4, 0.5) is 0 Å². The summed E-state index contributed by atoms with van der Waals surface area (Å²) in [7, 11) is 0. The van der Waals surface area contributed by atoms with Crippen LogP contribution in [0.3, 0.4) is 0 Å². The number of nitrogens with zero attached hydrogens (tertiary/aromatic N) is 2. The fourth-order valence-electron chi connectivity index (χ4n) is 7.46. The minimum Gasteiger partial charge on any atom is -0.456 e. The number of furan rings is 1.